The molecule has 1 heterocycles. The van der Waals surface area contributed by atoms with Gasteiger partial charge in [-0.3, -0.25) is 0 Å². The van der Waals surface area contributed by atoms with E-state index in [1.165, 1.54) is 5.56 Å². The highest BCUT2D eigenvalue weighted by molar-refractivity contribution is 6.30. The molecule has 1 aromatic heterocycles. The van der Waals surface area contributed by atoms with E-state index in [9.17, 15) is 0 Å². The van der Waals surface area contributed by atoms with Crippen molar-refractivity contribution in [1.29, 1.82) is 0 Å². The third-order valence-corrected chi connectivity index (χ3v) is 3.00. The van der Waals surface area contributed by atoms with E-state index in [2.05, 4.69) is 12.2 Å². The van der Waals surface area contributed by atoms with E-state index in [1.54, 1.807) is 0 Å². The smallest absolute Gasteiger partial charge is 0.117 e. The topological polar surface area (TPSA) is 25.2 Å². The van der Waals surface area contributed by atoms with Crippen molar-refractivity contribution in [3.63, 3.8) is 0 Å². The zero-order chi connectivity index (χ0) is 12.3. The van der Waals surface area contributed by atoms with Gasteiger partial charge in [-0.2, -0.15) is 0 Å². The summed E-state index contributed by atoms with van der Waals surface area (Å²) in [5.41, 5.74) is 1.22. The first-order chi connectivity index (χ1) is 8.15. The highest BCUT2D eigenvalue weighted by atomic mass is 35.5. The molecule has 1 N–H and O–H groups in total. The molecule has 2 nitrogen and oxygen atoms in total. The third kappa shape index (κ3) is 3.35. The molecular weight excluding hydrogens is 234 g/mol. The maximum Gasteiger partial charge on any atom is 0.117 e. The summed E-state index contributed by atoms with van der Waals surface area (Å²) in [4.78, 5) is 0. The number of rotatable bonds is 4. The van der Waals surface area contributed by atoms with Gasteiger partial charge in [-0.25, -0.2) is 0 Å². The molecule has 0 saturated carbocycles. The molecule has 0 aliphatic heterocycles. The Balaban J connectivity index is 1.93. The number of aryl methyl sites for hydroxylation is 1. The Morgan fingerprint density at radius 2 is 1.88 bits per heavy atom. The molecule has 1 unspecified atom stereocenters. The summed E-state index contributed by atoms with van der Waals surface area (Å²) in [5, 5.41) is 4.18. The van der Waals surface area contributed by atoms with Crippen molar-refractivity contribution in [1.82, 2.24) is 5.32 Å². The van der Waals surface area contributed by atoms with Crippen molar-refractivity contribution in [2.75, 3.05) is 0 Å². The molecule has 0 saturated heterocycles. The lowest BCUT2D eigenvalue weighted by Gasteiger charge is -2.13. The van der Waals surface area contributed by atoms with Gasteiger partial charge < -0.3 is 9.73 Å². The summed E-state index contributed by atoms with van der Waals surface area (Å²) in [5.74, 6) is 1.91. The van der Waals surface area contributed by atoms with E-state index in [0.717, 1.165) is 23.1 Å². The fourth-order valence-electron chi connectivity index (χ4n) is 1.70. The van der Waals surface area contributed by atoms with Crippen molar-refractivity contribution < 1.29 is 4.42 Å². The van der Waals surface area contributed by atoms with Gasteiger partial charge in [-0.1, -0.05) is 23.7 Å². The van der Waals surface area contributed by atoms with Crippen LogP contribution >= 0.6 is 11.6 Å². The van der Waals surface area contributed by atoms with Crippen molar-refractivity contribution in [2.24, 2.45) is 0 Å². The molecule has 0 amide bonds. The predicted octanol–water partition coefficient (Wildman–Crippen LogP) is 4.09. The number of benzene rings is 1. The minimum atomic E-state index is 0.276. The second-order valence-electron chi connectivity index (χ2n) is 4.17. The molecule has 0 bridgehead atoms. The summed E-state index contributed by atoms with van der Waals surface area (Å²) in [7, 11) is 0. The molecule has 0 radical (unpaired) electrons. The van der Waals surface area contributed by atoms with E-state index in [0.29, 0.717) is 0 Å². The second-order valence-corrected chi connectivity index (χ2v) is 4.60. The zero-order valence-corrected chi connectivity index (χ0v) is 10.8. The first-order valence-corrected chi connectivity index (χ1v) is 6.07. The van der Waals surface area contributed by atoms with Gasteiger partial charge in [0.15, 0.2) is 0 Å². The van der Waals surface area contributed by atoms with Gasteiger partial charge in [0.05, 0.1) is 6.54 Å². The van der Waals surface area contributed by atoms with Crippen LogP contribution in [-0.4, -0.2) is 0 Å². The molecule has 17 heavy (non-hydrogen) atoms. The Bertz CT molecular complexity index is 475. The van der Waals surface area contributed by atoms with E-state index in [1.807, 2.05) is 43.3 Å². The summed E-state index contributed by atoms with van der Waals surface area (Å²) >= 11 is 5.86. The Morgan fingerprint density at radius 1 is 1.18 bits per heavy atom. The van der Waals surface area contributed by atoms with Gasteiger partial charge >= 0.3 is 0 Å². The Hall–Kier alpha value is -1.25. The van der Waals surface area contributed by atoms with Crippen LogP contribution in [0.25, 0.3) is 0 Å². The van der Waals surface area contributed by atoms with Gasteiger partial charge in [-0.15, -0.1) is 0 Å². The van der Waals surface area contributed by atoms with Gasteiger partial charge in [0.2, 0.25) is 0 Å². The van der Waals surface area contributed by atoms with E-state index in [-0.39, 0.29) is 6.04 Å². The zero-order valence-electron chi connectivity index (χ0n) is 10.0. The maximum atomic E-state index is 5.86. The van der Waals surface area contributed by atoms with Crippen LogP contribution in [0, 0.1) is 6.92 Å². The Morgan fingerprint density at radius 3 is 2.47 bits per heavy atom. The van der Waals surface area contributed by atoms with Crippen LogP contribution in [0.1, 0.15) is 30.0 Å². The third-order valence-electron chi connectivity index (χ3n) is 2.75. The Labute approximate surface area is 107 Å². The van der Waals surface area contributed by atoms with Crippen molar-refractivity contribution in [3.8, 4) is 0 Å². The first-order valence-electron chi connectivity index (χ1n) is 5.69. The predicted molar refractivity (Wildman–Crippen MR) is 70.2 cm³/mol. The van der Waals surface area contributed by atoms with Gasteiger partial charge in [0, 0.05) is 11.1 Å². The summed E-state index contributed by atoms with van der Waals surface area (Å²) < 4.78 is 5.51. The molecule has 2 aromatic rings. The molecular formula is C14H16ClNO. The molecule has 1 aromatic carbocycles. The highest BCUT2D eigenvalue weighted by Crippen LogP contribution is 2.16. The van der Waals surface area contributed by atoms with Crippen molar-refractivity contribution in [3.05, 3.63) is 58.5 Å². The quantitative estimate of drug-likeness (QED) is 0.883. The summed E-state index contributed by atoms with van der Waals surface area (Å²) in [6.45, 7) is 4.81. The lowest BCUT2D eigenvalue weighted by molar-refractivity contribution is 0.444. The number of hydrogen-bond donors (Lipinski definition) is 1. The maximum absolute atomic E-state index is 5.86. The largest absolute Gasteiger partial charge is 0.465 e. The molecule has 0 aliphatic rings. The minimum absolute atomic E-state index is 0.276. The summed E-state index contributed by atoms with van der Waals surface area (Å²) in [6, 6.07) is 12.1. The van der Waals surface area contributed by atoms with Crippen LogP contribution in [0.3, 0.4) is 0 Å². The van der Waals surface area contributed by atoms with Gasteiger partial charge in [0.1, 0.15) is 11.5 Å². The van der Waals surface area contributed by atoms with Crippen LogP contribution in [0.2, 0.25) is 5.02 Å². The molecule has 3 heteroatoms. The SMILES string of the molecule is Cc1ccc(CNC(C)c2ccc(Cl)cc2)o1. The van der Waals surface area contributed by atoms with Crippen LogP contribution < -0.4 is 5.32 Å². The molecule has 2 rings (SSSR count). The molecule has 0 aliphatic carbocycles. The number of hydrogen-bond acceptors (Lipinski definition) is 2. The number of nitrogens with one attached hydrogen (secondary N) is 1. The van der Waals surface area contributed by atoms with Gasteiger partial charge in [0.25, 0.3) is 0 Å². The van der Waals surface area contributed by atoms with Crippen LogP contribution in [0.5, 0.6) is 0 Å². The average molecular weight is 250 g/mol. The second kappa shape index (κ2) is 5.39. The van der Waals surface area contributed by atoms with E-state index in [4.69, 9.17) is 16.0 Å². The molecule has 0 spiro atoms. The standard InChI is InChI=1S/C14H16ClNO/c1-10-3-8-14(17-10)9-16-11(2)12-4-6-13(15)7-5-12/h3-8,11,16H,9H2,1-2H3. The number of furan rings is 1. The van der Waals surface area contributed by atoms with Crippen LogP contribution in [-0.2, 0) is 6.54 Å². The lowest BCUT2D eigenvalue weighted by atomic mass is 10.1. The summed E-state index contributed by atoms with van der Waals surface area (Å²) in [6.07, 6.45) is 0. The van der Waals surface area contributed by atoms with Gasteiger partial charge in [-0.05, 0) is 43.7 Å². The van der Waals surface area contributed by atoms with E-state index < -0.39 is 0 Å². The lowest BCUT2D eigenvalue weighted by Crippen LogP contribution is -2.17. The van der Waals surface area contributed by atoms with Crippen LogP contribution in [0.4, 0.5) is 0 Å². The normalized spacial score (nSPS) is 12.6. The first kappa shape index (κ1) is 12.2. The molecule has 1 atom stereocenters. The van der Waals surface area contributed by atoms with Crippen molar-refractivity contribution in [2.45, 2.75) is 26.4 Å². The highest BCUT2D eigenvalue weighted by Gasteiger charge is 2.06. The fraction of sp³-hybridized carbons (Fsp3) is 0.286. The van der Waals surface area contributed by atoms with Crippen LogP contribution in [0.15, 0.2) is 40.8 Å². The van der Waals surface area contributed by atoms with Crippen molar-refractivity contribution >= 4 is 11.6 Å². The Kier molecular flexibility index (Phi) is 3.87. The molecule has 0 fully saturated rings. The number of halogens is 1. The van der Waals surface area contributed by atoms with E-state index >= 15 is 0 Å². The monoisotopic (exact) mass is 249 g/mol. The average Bonchev–Trinajstić information content (AvgIpc) is 2.73. The molecule has 90 valence electrons. The minimum Gasteiger partial charge on any atom is -0.465 e. The fourth-order valence-corrected chi connectivity index (χ4v) is 1.83.